The van der Waals surface area contributed by atoms with Crippen molar-refractivity contribution in [3.63, 3.8) is 0 Å². The van der Waals surface area contributed by atoms with Gasteiger partial charge in [-0.2, -0.15) is 0 Å². The lowest BCUT2D eigenvalue weighted by molar-refractivity contribution is 0.0933. The lowest BCUT2D eigenvalue weighted by Gasteiger charge is -2.37. The van der Waals surface area contributed by atoms with Crippen LogP contribution in [0.5, 0.6) is 0 Å². The quantitative estimate of drug-likeness (QED) is 0.606. The van der Waals surface area contributed by atoms with Crippen LogP contribution < -0.4 is 10.2 Å². The molecule has 2 aromatic heterocycles. The highest BCUT2D eigenvalue weighted by Gasteiger charge is 2.25. The van der Waals surface area contributed by atoms with E-state index in [4.69, 9.17) is 0 Å². The lowest BCUT2D eigenvalue weighted by atomic mass is 10.0. The number of hydrogen-bond acceptors (Lipinski definition) is 6. The maximum absolute atomic E-state index is 12.9. The summed E-state index contributed by atoms with van der Waals surface area (Å²) >= 11 is 1.39. The minimum atomic E-state index is -0.126. The van der Waals surface area contributed by atoms with E-state index in [0.29, 0.717) is 11.0 Å². The van der Waals surface area contributed by atoms with Crippen LogP contribution in [0.4, 0.5) is 5.13 Å². The Morgan fingerprint density at radius 2 is 2.17 bits per heavy atom. The molecule has 3 heterocycles. The van der Waals surface area contributed by atoms with Crippen LogP contribution in [0.3, 0.4) is 0 Å². The van der Waals surface area contributed by atoms with Crippen molar-refractivity contribution in [3.05, 3.63) is 41.0 Å². The van der Waals surface area contributed by atoms with Crippen molar-refractivity contribution in [2.24, 2.45) is 0 Å². The van der Waals surface area contributed by atoms with Crippen LogP contribution in [0.15, 0.2) is 30.5 Å². The van der Waals surface area contributed by atoms with E-state index in [9.17, 15) is 4.79 Å². The van der Waals surface area contributed by atoms with Crippen LogP contribution in [-0.2, 0) is 6.42 Å². The third kappa shape index (κ3) is 4.49. The number of aromatic nitrogens is 3. The molecule has 4 rings (SSSR count). The Kier molecular flexibility index (Phi) is 6.34. The van der Waals surface area contributed by atoms with Gasteiger partial charge in [0.05, 0.1) is 0 Å². The minimum Gasteiger partial charge on any atom is -0.361 e. The normalized spacial score (nSPS) is 18.6. The molecule has 30 heavy (non-hydrogen) atoms. The van der Waals surface area contributed by atoms with Gasteiger partial charge in [-0.15, -0.1) is 10.2 Å². The van der Waals surface area contributed by atoms with Gasteiger partial charge in [0, 0.05) is 48.8 Å². The summed E-state index contributed by atoms with van der Waals surface area (Å²) in [7, 11) is 2.14. The summed E-state index contributed by atoms with van der Waals surface area (Å²) < 4.78 is 0. The number of benzene rings is 1. The molecule has 1 fully saturated rings. The number of likely N-dealkylation sites (N-methyl/N-ethyl adjacent to an activating group) is 1. The number of hydrogen-bond donors (Lipinski definition) is 2. The molecule has 8 heteroatoms. The van der Waals surface area contributed by atoms with Gasteiger partial charge in [-0.3, -0.25) is 4.79 Å². The smallest absolute Gasteiger partial charge is 0.282 e. The highest BCUT2D eigenvalue weighted by atomic mass is 32.1. The van der Waals surface area contributed by atoms with Gasteiger partial charge in [0.25, 0.3) is 5.91 Å². The van der Waals surface area contributed by atoms with Crippen LogP contribution in [0, 0.1) is 0 Å². The number of aromatic amines is 1. The molecule has 1 saturated heterocycles. The Morgan fingerprint density at radius 3 is 2.97 bits per heavy atom. The molecule has 160 valence electrons. The highest BCUT2D eigenvalue weighted by Crippen LogP contribution is 2.24. The van der Waals surface area contributed by atoms with Gasteiger partial charge in [0.2, 0.25) is 10.1 Å². The van der Waals surface area contributed by atoms with Crippen molar-refractivity contribution in [1.29, 1.82) is 0 Å². The number of H-pyrrole nitrogens is 1. The molecule has 1 aliphatic rings. The fourth-order valence-corrected chi connectivity index (χ4v) is 4.83. The molecular formula is C22H30N6OS. The first kappa shape index (κ1) is 20.8. The fourth-order valence-electron chi connectivity index (χ4n) is 4.04. The first-order valence-corrected chi connectivity index (χ1v) is 11.5. The van der Waals surface area contributed by atoms with E-state index < -0.39 is 0 Å². The van der Waals surface area contributed by atoms with Gasteiger partial charge in [-0.05, 0) is 38.4 Å². The molecule has 1 amide bonds. The molecule has 0 aliphatic carbocycles. The Morgan fingerprint density at radius 1 is 1.33 bits per heavy atom. The number of carbonyl (C=O) groups is 1. The summed E-state index contributed by atoms with van der Waals surface area (Å²) in [4.78, 5) is 20.8. The predicted molar refractivity (Wildman–Crippen MR) is 122 cm³/mol. The Bertz CT molecular complexity index is 998. The summed E-state index contributed by atoms with van der Waals surface area (Å²) in [5.74, 6) is -0.126. The van der Waals surface area contributed by atoms with Crippen molar-refractivity contribution in [1.82, 2.24) is 25.4 Å². The standard InChI is InChI=1S/C22H30N6OS/c1-4-7-17(12-16-13-23-19-9-6-5-8-18(16)19)24-20(29)21-25-26-22(30-21)28-11-10-27(3)15(2)14-28/h5-6,8-9,13,15,17,23H,4,7,10-12,14H2,1-3H3,(H,24,29)/t15-,17?/m1/s1. The Hall–Kier alpha value is -2.45. The molecule has 7 nitrogen and oxygen atoms in total. The maximum Gasteiger partial charge on any atom is 0.282 e. The van der Waals surface area contributed by atoms with E-state index in [0.717, 1.165) is 49.5 Å². The van der Waals surface area contributed by atoms with Crippen LogP contribution in [0.1, 0.15) is 42.1 Å². The first-order chi connectivity index (χ1) is 14.5. The predicted octanol–water partition coefficient (Wildman–Crippen LogP) is 3.30. The Labute approximate surface area is 181 Å². The van der Waals surface area contributed by atoms with Gasteiger partial charge in [0.15, 0.2) is 0 Å². The summed E-state index contributed by atoms with van der Waals surface area (Å²) in [5.41, 5.74) is 2.36. The molecule has 1 aromatic carbocycles. The number of nitrogens with zero attached hydrogens (tertiary/aromatic N) is 4. The van der Waals surface area contributed by atoms with E-state index in [1.54, 1.807) is 0 Å². The van der Waals surface area contributed by atoms with Gasteiger partial charge in [-0.25, -0.2) is 0 Å². The average Bonchev–Trinajstić information content (AvgIpc) is 3.38. The zero-order chi connectivity index (χ0) is 21.1. The minimum absolute atomic E-state index is 0.0673. The summed E-state index contributed by atoms with van der Waals surface area (Å²) in [6.45, 7) is 7.17. The molecule has 0 bridgehead atoms. The van der Waals surface area contributed by atoms with Crippen LogP contribution in [-0.4, -0.2) is 64.8 Å². The SMILES string of the molecule is CCCC(Cc1c[nH]c2ccccc12)NC(=O)c1nnc(N2CCN(C)[C@H](C)C2)s1. The van der Waals surface area contributed by atoms with E-state index in [1.165, 1.54) is 22.3 Å². The molecule has 0 radical (unpaired) electrons. The van der Waals surface area contributed by atoms with Gasteiger partial charge in [0.1, 0.15) is 0 Å². The second-order valence-electron chi connectivity index (χ2n) is 8.19. The third-order valence-corrected chi connectivity index (χ3v) is 6.94. The number of nitrogens with one attached hydrogen (secondary N) is 2. The molecular weight excluding hydrogens is 396 g/mol. The number of rotatable bonds is 7. The van der Waals surface area contributed by atoms with Crippen molar-refractivity contribution < 1.29 is 4.79 Å². The van der Waals surface area contributed by atoms with Gasteiger partial charge in [-0.1, -0.05) is 42.9 Å². The van der Waals surface area contributed by atoms with Crippen molar-refractivity contribution in [2.75, 3.05) is 31.6 Å². The number of fused-ring (bicyclic) bond motifs is 1. The number of amides is 1. The van der Waals surface area contributed by atoms with E-state index in [2.05, 4.69) is 75.6 Å². The lowest BCUT2D eigenvalue weighted by Crippen LogP contribution is -2.50. The fraction of sp³-hybridized carbons (Fsp3) is 0.500. The van der Waals surface area contributed by atoms with Crippen LogP contribution in [0.2, 0.25) is 0 Å². The van der Waals surface area contributed by atoms with Crippen LogP contribution >= 0.6 is 11.3 Å². The summed E-state index contributed by atoms with van der Waals surface area (Å²) in [6.07, 6.45) is 4.78. The monoisotopic (exact) mass is 426 g/mol. The second-order valence-corrected chi connectivity index (χ2v) is 9.14. The molecule has 0 saturated carbocycles. The van der Waals surface area contributed by atoms with Gasteiger partial charge >= 0.3 is 0 Å². The van der Waals surface area contributed by atoms with Crippen molar-refractivity contribution in [3.8, 4) is 0 Å². The second kappa shape index (κ2) is 9.14. The van der Waals surface area contributed by atoms with E-state index in [-0.39, 0.29) is 11.9 Å². The van der Waals surface area contributed by atoms with Crippen molar-refractivity contribution in [2.45, 2.75) is 45.2 Å². The maximum atomic E-state index is 12.9. The molecule has 3 aromatic rings. The molecule has 2 atom stereocenters. The Balaban J connectivity index is 1.43. The number of carbonyl (C=O) groups excluding carboxylic acids is 1. The third-order valence-electron chi connectivity index (χ3n) is 5.95. The summed E-state index contributed by atoms with van der Waals surface area (Å²) in [5, 5.41) is 14.2. The first-order valence-electron chi connectivity index (χ1n) is 10.7. The molecule has 1 aliphatic heterocycles. The van der Waals surface area contributed by atoms with Crippen molar-refractivity contribution >= 4 is 33.3 Å². The molecule has 0 spiro atoms. The number of para-hydroxylation sites is 1. The summed E-state index contributed by atoms with van der Waals surface area (Å²) in [6, 6.07) is 8.81. The largest absolute Gasteiger partial charge is 0.361 e. The zero-order valence-electron chi connectivity index (χ0n) is 17.9. The number of piperazine rings is 1. The topological polar surface area (TPSA) is 77.1 Å². The average molecular weight is 427 g/mol. The molecule has 1 unspecified atom stereocenters. The zero-order valence-corrected chi connectivity index (χ0v) is 18.7. The van der Waals surface area contributed by atoms with E-state index >= 15 is 0 Å². The molecule has 2 N–H and O–H groups in total. The van der Waals surface area contributed by atoms with Gasteiger partial charge < -0.3 is 20.1 Å². The van der Waals surface area contributed by atoms with Crippen LogP contribution in [0.25, 0.3) is 10.9 Å². The highest BCUT2D eigenvalue weighted by molar-refractivity contribution is 7.17. The number of anilines is 1. The van der Waals surface area contributed by atoms with E-state index in [1.807, 2.05) is 6.07 Å².